The zero-order valence-corrected chi connectivity index (χ0v) is 22.2. The Kier molecular flexibility index (Phi) is 5.70. The summed E-state index contributed by atoms with van der Waals surface area (Å²) >= 11 is 7.42. The number of halogens is 1. The minimum Gasteiger partial charge on any atom is -0.505 e. The van der Waals surface area contributed by atoms with Crippen LogP contribution in [0.15, 0.2) is 66.4 Å². The van der Waals surface area contributed by atoms with Crippen LogP contribution in [0.5, 0.6) is 5.75 Å². The van der Waals surface area contributed by atoms with Gasteiger partial charge in [0.1, 0.15) is 17.1 Å². The molecule has 1 aliphatic rings. The van der Waals surface area contributed by atoms with Gasteiger partial charge in [-0.3, -0.25) is 14.5 Å². The number of aliphatic hydroxyl groups is 1. The van der Waals surface area contributed by atoms with E-state index in [1.165, 1.54) is 16.2 Å². The molecule has 190 valence electrons. The second kappa shape index (κ2) is 8.97. The van der Waals surface area contributed by atoms with Gasteiger partial charge in [0, 0.05) is 11.2 Å². The summed E-state index contributed by atoms with van der Waals surface area (Å²) in [5.74, 6) is -1.31. The largest absolute Gasteiger partial charge is 0.505 e. The second-order valence-electron chi connectivity index (χ2n) is 8.98. The number of imidazole rings is 1. The number of carbonyl (C=O) groups excluding carboxylic acids is 2. The smallest absolute Gasteiger partial charge is 0.301 e. The first kappa shape index (κ1) is 24.1. The summed E-state index contributed by atoms with van der Waals surface area (Å²) in [4.78, 5) is 37.7. The third-order valence-corrected chi connectivity index (χ3v) is 7.98. The van der Waals surface area contributed by atoms with Gasteiger partial charge in [0.15, 0.2) is 10.9 Å². The summed E-state index contributed by atoms with van der Waals surface area (Å²) in [6.45, 7) is 3.73. The quantitative estimate of drug-likeness (QED) is 0.173. The van der Waals surface area contributed by atoms with E-state index in [1.807, 2.05) is 36.6 Å². The molecule has 8 nitrogen and oxygen atoms in total. The predicted octanol–water partition coefficient (Wildman–Crippen LogP) is 5.85. The van der Waals surface area contributed by atoms with Crippen LogP contribution in [0.1, 0.15) is 28.6 Å². The number of fused-ring (bicyclic) bond motifs is 2. The summed E-state index contributed by atoms with van der Waals surface area (Å²) in [6, 6.07) is 15.1. The van der Waals surface area contributed by atoms with Gasteiger partial charge in [-0.25, -0.2) is 9.97 Å². The van der Waals surface area contributed by atoms with E-state index in [1.54, 1.807) is 49.6 Å². The highest BCUT2D eigenvalue weighted by molar-refractivity contribution is 7.22. The van der Waals surface area contributed by atoms with E-state index in [0.717, 1.165) is 10.3 Å². The molecule has 3 aromatic heterocycles. The highest BCUT2D eigenvalue weighted by Gasteiger charge is 2.48. The number of nitrogens with zero attached hydrogens (tertiary/aromatic N) is 4. The van der Waals surface area contributed by atoms with E-state index < -0.39 is 17.7 Å². The first-order valence-electron chi connectivity index (χ1n) is 11.7. The lowest BCUT2D eigenvalue weighted by molar-refractivity contribution is -0.132. The predicted molar refractivity (Wildman–Crippen MR) is 147 cm³/mol. The van der Waals surface area contributed by atoms with Crippen LogP contribution in [-0.4, -0.2) is 38.3 Å². The molecule has 0 radical (unpaired) electrons. The summed E-state index contributed by atoms with van der Waals surface area (Å²) < 4.78 is 7.92. The number of ether oxygens (including phenoxy) is 1. The molecule has 0 aliphatic carbocycles. The summed E-state index contributed by atoms with van der Waals surface area (Å²) in [5, 5.41) is 12.5. The molecule has 0 saturated carbocycles. The molecule has 1 N–H and O–H groups in total. The Labute approximate surface area is 226 Å². The van der Waals surface area contributed by atoms with Crippen molar-refractivity contribution in [3.05, 3.63) is 93.9 Å². The van der Waals surface area contributed by atoms with Gasteiger partial charge in [-0.2, -0.15) is 0 Å². The molecule has 2 aromatic carbocycles. The molecular weight excluding hydrogens is 524 g/mol. The summed E-state index contributed by atoms with van der Waals surface area (Å²) in [5.41, 5.74) is 3.67. The maximum Gasteiger partial charge on any atom is 0.301 e. The number of ketones is 1. The van der Waals surface area contributed by atoms with Gasteiger partial charge in [-0.1, -0.05) is 41.1 Å². The zero-order chi connectivity index (χ0) is 26.7. The molecule has 10 heteroatoms. The first-order valence-corrected chi connectivity index (χ1v) is 12.9. The van der Waals surface area contributed by atoms with E-state index in [4.69, 9.17) is 16.3 Å². The zero-order valence-electron chi connectivity index (χ0n) is 20.6. The lowest BCUT2D eigenvalue weighted by Gasteiger charge is -2.23. The van der Waals surface area contributed by atoms with Gasteiger partial charge < -0.3 is 14.2 Å². The van der Waals surface area contributed by atoms with Crippen molar-refractivity contribution in [2.45, 2.75) is 19.9 Å². The highest BCUT2D eigenvalue weighted by Crippen LogP contribution is 2.45. The molecular formula is C28H21ClN4O4S. The molecule has 1 saturated heterocycles. The summed E-state index contributed by atoms with van der Waals surface area (Å²) in [6.07, 6.45) is 1.84. The van der Waals surface area contributed by atoms with Crippen LogP contribution < -0.4 is 9.64 Å². The first-order chi connectivity index (χ1) is 18.3. The Hall–Kier alpha value is -4.21. The molecule has 5 aromatic rings. The number of amides is 1. The van der Waals surface area contributed by atoms with Gasteiger partial charge in [0.25, 0.3) is 5.78 Å². The third-order valence-electron chi connectivity index (χ3n) is 6.73. The van der Waals surface area contributed by atoms with E-state index in [0.29, 0.717) is 38.3 Å². The Morgan fingerprint density at radius 1 is 1.08 bits per heavy atom. The van der Waals surface area contributed by atoms with E-state index in [9.17, 15) is 14.7 Å². The Balaban J connectivity index is 1.59. The second-order valence-corrected chi connectivity index (χ2v) is 10.4. The highest BCUT2D eigenvalue weighted by atomic mass is 35.5. The van der Waals surface area contributed by atoms with Crippen molar-refractivity contribution in [2.75, 3.05) is 12.0 Å². The number of methoxy groups -OCH3 is 1. The van der Waals surface area contributed by atoms with Crippen LogP contribution in [0.25, 0.3) is 21.6 Å². The fraction of sp³-hybridized carbons (Fsp3) is 0.143. The number of aryl methyl sites for hydroxylation is 2. The third kappa shape index (κ3) is 3.66. The Bertz CT molecular complexity index is 1810. The number of benzene rings is 2. The van der Waals surface area contributed by atoms with Crippen molar-refractivity contribution in [1.29, 1.82) is 0 Å². The molecule has 0 spiro atoms. The standard InChI is InChI=1S/C28H21ClN4O4S/c1-14-5-4-12-32-15(2)22(31-26(14)32)24(34)21-23(16-6-9-18(37-3)10-7-16)33(27(36)25(21)35)28-30-19-11-8-17(29)13-20(19)38-28/h4-13,23,34H,1-3H3. The Morgan fingerprint density at radius 3 is 2.55 bits per heavy atom. The Morgan fingerprint density at radius 2 is 1.84 bits per heavy atom. The number of hydrogen-bond donors (Lipinski definition) is 1. The maximum atomic E-state index is 13.6. The number of aromatic nitrogens is 3. The van der Waals surface area contributed by atoms with Gasteiger partial charge >= 0.3 is 5.91 Å². The number of Topliss-reactive ketones (excluding diaryl/α,β-unsaturated/α-hetero) is 1. The van der Waals surface area contributed by atoms with E-state index in [-0.39, 0.29) is 17.0 Å². The topological polar surface area (TPSA) is 97.0 Å². The van der Waals surface area contributed by atoms with Crippen LogP contribution in [0, 0.1) is 13.8 Å². The van der Waals surface area contributed by atoms with Crippen molar-refractivity contribution in [3.8, 4) is 5.75 Å². The van der Waals surface area contributed by atoms with Crippen LogP contribution in [0.4, 0.5) is 5.13 Å². The molecule has 1 fully saturated rings. The molecule has 1 unspecified atom stereocenters. The molecule has 1 atom stereocenters. The number of thiazole rings is 1. The van der Waals surface area contributed by atoms with Crippen molar-refractivity contribution >= 4 is 61.4 Å². The molecule has 4 heterocycles. The average Bonchev–Trinajstić information content (AvgIpc) is 3.56. The fourth-order valence-corrected chi connectivity index (χ4v) is 6.06. The van der Waals surface area contributed by atoms with Crippen molar-refractivity contribution in [1.82, 2.24) is 14.4 Å². The number of rotatable bonds is 4. The minimum atomic E-state index is -0.928. The van der Waals surface area contributed by atoms with Gasteiger partial charge in [0.2, 0.25) is 0 Å². The lowest BCUT2D eigenvalue weighted by atomic mass is 9.96. The molecule has 6 rings (SSSR count). The number of aliphatic hydroxyl groups excluding tert-OH is 1. The van der Waals surface area contributed by atoms with Gasteiger partial charge in [-0.15, -0.1) is 0 Å². The van der Waals surface area contributed by atoms with Crippen LogP contribution in [0.3, 0.4) is 0 Å². The maximum absolute atomic E-state index is 13.6. The number of carbonyl (C=O) groups is 2. The number of hydrogen-bond acceptors (Lipinski definition) is 7. The van der Waals surface area contributed by atoms with Crippen molar-refractivity contribution in [2.24, 2.45) is 0 Å². The van der Waals surface area contributed by atoms with E-state index >= 15 is 0 Å². The van der Waals surface area contributed by atoms with Gasteiger partial charge in [0.05, 0.1) is 34.6 Å². The monoisotopic (exact) mass is 544 g/mol. The summed E-state index contributed by atoms with van der Waals surface area (Å²) in [7, 11) is 1.56. The molecule has 38 heavy (non-hydrogen) atoms. The number of anilines is 1. The lowest BCUT2D eigenvalue weighted by Crippen LogP contribution is -2.29. The van der Waals surface area contributed by atoms with Crippen molar-refractivity contribution in [3.63, 3.8) is 0 Å². The van der Waals surface area contributed by atoms with Gasteiger partial charge in [-0.05, 0) is 61.4 Å². The van der Waals surface area contributed by atoms with E-state index in [2.05, 4.69) is 9.97 Å². The average molecular weight is 545 g/mol. The van der Waals surface area contributed by atoms with Crippen LogP contribution in [-0.2, 0) is 9.59 Å². The molecule has 1 amide bonds. The van der Waals surface area contributed by atoms with Crippen molar-refractivity contribution < 1.29 is 19.4 Å². The fourth-order valence-electron chi connectivity index (χ4n) is 4.79. The number of pyridine rings is 1. The molecule has 1 aliphatic heterocycles. The normalized spacial score (nSPS) is 17.2. The van der Waals surface area contributed by atoms with Crippen LogP contribution in [0.2, 0.25) is 5.02 Å². The van der Waals surface area contributed by atoms with Crippen LogP contribution >= 0.6 is 22.9 Å². The SMILES string of the molecule is COc1ccc(C2C(=C(O)c3nc4c(C)cccn4c3C)C(=O)C(=O)N2c2nc3ccc(Cl)cc3s2)cc1. The minimum absolute atomic E-state index is 0.0541. The molecule has 0 bridgehead atoms.